The number of hydrogen-bond acceptors (Lipinski definition) is 4. The van der Waals surface area contributed by atoms with Crippen LogP contribution >= 0.6 is 0 Å². The van der Waals surface area contributed by atoms with Gasteiger partial charge >= 0.3 is 12.1 Å². The zero-order valence-electron chi connectivity index (χ0n) is 35.5. The minimum Gasteiger partial charge on any atom is -0.478 e. The molecule has 0 heterocycles. The first-order valence-electron chi connectivity index (χ1n) is 21.3. The SMILES string of the molecule is O=C(O)/C(=C\c1ccc(N(c2ccc(-c3ccc(N(c4ccccc4)c4ccccc4)cc3)cc2)c2ccc(-c3ccc(N(c4ccccc4)c4ccccc4)cc3)cc2)cc1)C(F)(F)F. The van der Waals surface area contributed by atoms with E-state index in [0.29, 0.717) is 11.8 Å². The molecule has 0 bridgehead atoms. The third-order valence-corrected chi connectivity index (χ3v) is 11.2. The molecule has 0 amide bonds. The number of carboxylic acids is 1. The van der Waals surface area contributed by atoms with Crippen LogP contribution in [0.25, 0.3) is 28.3 Å². The molecule has 0 aliphatic carbocycles. The minimum absolute atomic E-state index is 0.113. The fraction of sp³-hybridized carbons (Fsp3) is 0.0172. The Kier molecular flexibility index (Phi) is 12.3. The number of aliphatic carboxylic acids is 1. The molecule has 66 heavy (non-hydrogen) atoms. The molecule has 0 unspecified atom stereocenters. The van der Waals surface area contributed by atoms with E-state index >= 15 is 0 Å². The molecule has 0 radical (unpaired) electrons. The van der Waals surface area contributed by atoms with Gasteiger partial charge in [0.1, 0.15) is 5.57 Å². The minimum atomic E-state index is -5.01. The highest BCUT2D eigenvalue weighted by Crippen LogP contribution is 2.40. The number of anilines is 9. The van der Waals surface area contributed by atoms with Crippen molar-refractivity contribution in [2.24, 2.45) is 0 Å². The van der Waals surface area contributed by atoms with Crippen LogP contribution in [0, 0.1) is 0 Å². The van der Waals surface area contributed by atoms with Gasteiger partial charge in [0.15, 0.2) is 0 Å². The molecule has 8 heteroatoms. The molecule has 9 aromatic rings. The van der Waals surface area contributed by atoms with E-state index in [2.05, 4.69) is 107 Å². The molecular formula is C58H42F3N3O2. The maximum absolute atomic E-state index is 13.5. The molecule has 5 nitrogen and oxygen atoms in total. The van der Waals surface area contributed by atoms with Gasteiger partial charge in [0.25, 0.3) is 0 Å². The van der Waals surface area contributed by atoms with Gasteiger partial charge in [-0.1, -0.05) is 133 Å². The van der Waals surface area contributed by atoms with E-state index in [1.54, 1.807) is 12.1 Å². The van der Waals surface area contributed by atoms with Crippen LogP contribution in [0.3, 0.4) is 0 Å². The van der Waals surface area contributed by atoms with Crippen molar-refractivity contribution in [3.8, 4) is 22.3 Å². The summed E-state index contributed by atoms with van der Waals surface area (Å²) in [5.74, 6) is -2.04. The lowest BCUT2D eigenvalue weighted by molar-refractivity contribution is -0.144. The quantitative estimate of drug-likeness (QED) is 0.117. The van der Waals surface area contributed by atoms with E-state index in [0.717, 1.165) is 67.8 Å². The summed E-state index contributed by atoms with van der Waals surface area (Å²) in [5, 5.41) is 9.28. The van der Waals surface area contributed by atoms with Gasteiger partial charge in [-0.3, -0.25) is 0 Å². The summed E-state index contributed by atoms with van der Waals surface area (Å²) >= 11 is 0. The van der Waals surface area contributed by atoms with E-state index in [1.165, 1.54) is 12.1 Å². The average molecular weight is 870 g/mol. The Hall–Kier alpha value is -8.62. The first kappa shape index (κ1) is 42.7. The second kappa shape index (κ2) is 19.0. The van der Waals surface area contributed by atoms with Crippen molar-refractivity contribution in [2.45, 2.75) is 6.18 Å². The van der Waals surface area contributed by atoms with Crippen LogP contribution in [-0.4, -0.2) is 17.3 Å². The molecule has 1 N–H and O–H groups in total. The highest BCUT2D eigenvalue weighted by atomic mass is 19.4. The molecule has 0 atom stereocenters. The summed E-state index contributed by atoms with van der Waals surface area (Å²) in [7, 11) is 0. The Morgan fingerprint density at radius 2 is 0.545 bits per heavy atom. The maximum atomic E-state index is 13.5. The van der Waals surface area contributed by atoms with E-state index in [1.807, 2.05) is 126 Å². The number of rotatable bonds is 13. The first-order chi connectivity index (χ1) is 32.2. The lowest BCUT2D eigenvalue weighted by Gasteiger charge is -2.26. The lowest BCUT2D eigenvalue weighted by atomic mass is 10.0. The fourth-order valence-electron chi connectivity index (χ4n) is 8.01. The largest absolute Gasteiger partial charge is 0.478 e. The standard InChI is InChI=1S/C58H42F3N3O2/c59-58(60,61)56(57(65)66)41-42-21-31-51(32-22-42)64(54-37-27-45(28-38-54)43-23-33-52(34-24-43)62(47-13-5-1-6-14-47)48-15-7-2-8-16-48)55-39-29-46(30-40-55)44-25-35-53(36-26-44)63(49-17-9-3-10-18-49)50-19-11-4-12-20-50/h1-41H,(H,65,66)/b56-41+. The zero-order valence-corrected chi connectivity index (χ0v) is 35.5. The highest BCUT2D eigenvalue weighted by molar-refractivity contribution is 5.94. The van der Waals surface area contributed by atoms with Gasteiger partial charge in [-0.2, -0.15) is 13.2 Å². The fourth-order valence-corrected chi connectivity index (χ4v) is 8.01. The second-order valence-corrected chi connectivity index (χ2v) is 15.5. The van der Waals surface area contributed by atoms with Crippen LogP contribution in [0.15, 0.2) is 248 Å². The molecular weight excluding hydrogens is 828 g/mol. The molecule has 0 fully saturated rings. The first-order valence-corrected chi connectivity index (χ1v) is 21.3. The van der Waals surface area contributed by atoms with Gasteiger partial charge in [0.05, 0.1) is 0 Å². The Labute approximate surface area is 381 Å². The third kappa shape index (κ3) is 9.49. The Morgan fingerprint density at radius 3 is 0.758 bits per heavy atom. The molecule has 322 valence electrons. The predicted molar refractivity (Wildman–Crippen MR) is 263 cm³/mol. The van der Waals surface area contributed by atoms with Crippen LogP contribution in [0.5, 0.6) is 0 Å². The van der Waals surface area contributed by atoms with Crippen molar-refractivity contribution in [3.05, 3.63) is 254 Å². The summed E-state index contributed by atoms with van der Waals surface area (Å²) in [6, 6.07) is 80.4. The average Bonchev–Trinajstić information content (AvgIpc) is 3.36. The van der Waals surface area contributed by atoms with Crippen LogP contribution in [0.1, 0.15) is 5.56 Å². The number of benzene rings is 9. The summed E-state index contributed by atoms with van der Waals surface area (Å²) in [6.07, 6.45) is -4.36. The van der Waals surface area contributed by atoms with Crippen LogP contribution in [0.4, 0.5) is 64.4 Å². The van der Waals surface area contributed by atoms with Crippen molar-refractivity contribution in [1.29, 1.82) is 0 Å². The molecule has 9 aromatic carbocycles. The number of alkyl halides is 3. The number of halogens is 3. The topological polar surface area (TPSA) is 47.0 Å². The smallest absolute Gasteiger partial charge is 0.423 e. The number of hydrogen-bond donors (Lipinski definition) is 1. The summed E-state index contributed by atoms with van der Waals surface area (Å²) in [5.41, 5.74) is 11.1. The van der Waals surface area contributed by atoms with E-state index in [-0.39, 0.29) is 5.56 Å². The summed E-state index contributed by atoms with van der Waals surface area (Å²) < 4.78 is 40.6. The molecule has 9 rings (SSSR count). The molecule has 0 aliphatic rings. The highest BCUT2D eigenvalue weighted by Gasteiger charge is 2.38. The third-order valence-electron chi connectivity index (χ3n) is 11.2. The van der Waals surface area contributed by atoms with E-state index in [9.17, 15) is 23.1 Å². The van der Waals surface area contributed by atoms with Crippen molar-refractivity contribution < 1.29 is 23.1 Å². The van der Waals surface area contributed by atoms with Gasteiger partial charge in [-0.05, 0) is 143 Å². The van der Waals surface area contributed by atoms with Crippen molar-refractivity contribution >= 4 is 63.2 Å². The monoisotopic (exact) mass is 869 g/mol. The van der Waals surface area contributed by atoms with E-state index in [4.69, 9.17) is 0 Å². The van der Waals surface area contributed by atoms with Crippen LogP contribution < -0.4 is 14.7 Å². The van der Waals surface area contributed by atoms with Crippen LogP contribution in [0.2, 0.25) is 0 Å². The Bertz CT molecular complexity index is 2790. The zero-order chi connectivity index (χ0) is 45.5. The van der Waals surface area contributed by atoms with Crippen molar-refractivity contribution in [1.82, 2.24) is 0 Å². The predicted octanol–water partition coefficient (Wildman–Crippen LogP) is 16.5. The normalized spacial score (nSPS) is 11.5. The molecule has 0 aliphatic heterocycles. The molecule has 0 spiro atoms. The van der Waals surface area contributed by atoms with Gasteiger partial charge < -0.3 is 19.8 Å². The van der Waals surface area contributed by atoms with Crippen molar-refractivity contribution in [3.63, 3.8) is 0 Å². The Morgan fingerprint density at radius 1 is 0.333 bits per heavy atom. The number of carboxylic acid groups (broad SMARTS) is 1. The van der Waals surface area contributed by atoms with Gasteiger partial charge in [0.2, 0.25) is 0 Å². The van der Waals surface area contributed by atoms with E-state index < -0.39 is 17.7 Å². The van der Waals surface area contributed by atoms with Crippen molar-refractivity contribution in [2.75, 3.05) is 14.7 Å². The summed E-state index contributed by atoms with van der Waals surface area (Å²) in [4.78, 5) is 17.9. The molecule has 0 aromatic heterocycles. The molecule has 0 saturated heterocycles. The summed E-state index contributed by atoms with van der Waals surface area (Å²) in [6.45, 7) is 0. The van der Waals surface area contributed by atoms with Gasteiger partial charge in [-0.25, -0.2) is 4.79 Å². The number of carbonyl (C=O) groups is 1. The Balaban J connectivity index is 1.02. The van der Waals surface area contributed by atoms with Gasteiger partial charge in [-0.15, -0.1) is 0 Å². The lowest BCUT2D eigenvalue weighted by Crippen LogP contribution is -2.19. The maximum Gasteiger partial charge on any atom is 0.423 e. The number of para-hydroxylation sites is 4. The second-order valence-electron chi connectivity index (χ2n) is 15.5. The van der Waals surface area contributed by atoms with Crippen LogP contribution in [-0.2, 0) is 4.79 Å². The molecule has 0 saturated carbocycles. The number of nitrogens with zero attached hydrogens (tertiary/aromatic N) is 3. The van der Waals surface area contributed by atoms with Gasteiger partial charge in [0, 0.05) is 51.2 Å².